The molecule has 0 unspecified atom stereocenters. The van der Waals surface area contributed by atoms with Gasteiger partial charge in [0.2, 0.25) is 0 Å². The first-order valence-corrected chi connectivity index (χ1v) is 19.8. The average Bonchev–Trinajstić information content (AvgIpc) is 3.37. The summed E-state index contributed by atoms with van der Waals surface area (Å²) in [4.78, 5) is 15.0. The zero-order valence-electron chi connectivity index (χ0n) is 32.0. The molecule has 0 N–H and O–H groups in total. The fourth-order valence-electron chi connectivity index (χ4n) is 8.16. The lowest BCUT2D eigenvalue weighted by molar-refractivity contribution is 1.07. The molecule has 0 spiro atoms. The molecule has 276 valence electrons. The molecule has 0 aliphatic carbocycles. The van der Waals surface area contributed by atoms with Crippen molar-refractivity contribution in [1.82, 2.24) is 9.97 Å². The summed E-state index contributed by atoms with van der Waals surface area (Å²) in [6.07, 6.45) is 9.44. The molecule has 58 heavy (non-hydrogen) atoms. The van der Waals surface area contributed by atoms with Gasteiger partial charge in [-0.25, -0.2) is 9.97 Å². The van der Waals surface area contributed by atoms with Crippen LogP contribution in [0.2, 0.25) is 0 Å². The van der Waals surface area contributed by atoms with Crippen molar-refractivity contribution in [2.45, 2.75) is 6.42 Å². The van der Waals surface area contributed by atoms with Crippen molar-refractivity contribution >= 4 is 34.0 Å². The van der Waals surface area contributed by atoms with Gasteiger partial charge < -0.3 is 9.80 Å². The molecule has 7 aromatic carbocycles. The molecule has 0 fully saturated rings. The van der Waals surface area contributed by atoms with Crippen LogP contribution in [0.3, 0.4) is 0 Å². The van der Waals surface area contributed by atoms with Gasteiger partial charge in [0.1, 0.15) is 0 Å². The van der Waals surface area contributed by atoms with E-state index in [0.29, 0.717) is 12.4 Å². The van der Waals surface area contributed by atoms with Gasteiger partial charge in [-0.15, -0.1) is 0 Å². The predicted octanol–water partition coefficient (Wildman–Crippen LogP) is 13.8. The molecule has 2 aliphatic rings. The Kier molecular flexibility index (Phi) is 9.13. The normalized spacial score (nSPS) is 14.3. The Morgan fingerprint density at radius 3 is 1.74 bits per heavy atom. The van der Waals surface area contributed by atoms with E-state index in [9.17, 15) is 0 Å². The molecular formula is C54H40N4. The van der Waals surface area contributed by atoms with E-state index in [0.717, 1.165) is 73.8 Å². The lowest BCUT2D eigenvalue weighted by atomic mass is 9.95. The zero-order chi connectivity index (χ0) is 38.8. The summed E-state index contributed by atoms with van der Waals surface area (Å²) in [5, 5.41) is 0. The molecule has 0 bridgehead atoms. The van der Waals surface area contributed by atoms with E-state index in [1.807, 2.05) is 36.4 Å². The van der Waals surface area contributed by atoms with Crippen LogP contribution in [0.4, 0.5) is 28.4 Å². The largest absolute Gasteiger partial charge is 0.337 e. The summed E-state index contributed by atoms with van der Waals surface area (Å²) in [6.45, 7) is 5.27. The van der Waals surface area contributed by atoms with Crippen molar-refractivity contribution in [3.8, 4) is 45.0 Å². The molecule has 8 aromatic rings. The van der Waals surface area contributed by atoms with Crippen LogP contribution in [0.15, 0.2) is 213 Å². The fourth-order valence-corrected chi connectivity index (χ4v) is 8.16. The molecule has 0 radical (unpaired) electrons. The molecule has 1 aromatic heterocycles. The number of para-hydroxylation sites is 2. The number of hydrogen-bond acceptors (Lipinski definition) is 4. The highest BCUT2D eigenvalue weighted by atomic mass is 15.2. The van der Waals surface area contributed by atoms with Crippen molar-refractivity contribution in [3.05, 3.63) is 230 Å². The molecule has 10 rings (SSSR count). The Hall–Kier alpha value is -7.56. The highest BCUT2D eigenvalue weighted by Gasteiger charge is 2.25. The quantitative estimate of drug-likeness (QED) is 0.170. The molecule has 0 saturated carbocycles. The molecule has 0 saturated heterocycles. The molecule has 0 atom stereocenters. The summed E-state index contributed by atoms with van der Waals surface area (Å²) in [5.74, 6) is 0.688. The fraction of sp³-hybridized carbons (Fsp3) is 0.0370. The van der Waals surface area contributed by atoms with Crippen molar-refractivity contribution in [2.24, 2.45) is 0 Å². The van der Waals surface area contributed by atoms with Gasteiger partial charge in [-0.1, -0.05) is 158 Å². The van der Waals surface area contributed by atoms with Crippen molar-refractivity contribution in [1.29, 1.82) is 0 Å². The molecular weight excluding hydrogens is 705 g/mol. The van der Waals surface area contributed by atoms with Crippen LogP contribution in [-0.2, 0) is 6.42 Å². The topological polar surface area (TPSA) is 32.3 Å². The van der Waals surface area contributed by atoms with Gasteiger partial charge in [-0.3, -0.25) is 0 Å². The van der Waals surface area contributed by atoms with Crippen LogP contribution < -0.4 is 9.80 Å². The van der Waals surface area contributed by atoms with Crippen LogP contribution in [0, 0.1) is 0 Å². The summed E-state index contributed by atoms with van der Waals surface area (Å²) in [6, 6.07) is 64.4. The van der Waals surface area contributed by atoms with Gasteiger partial charge in [0, 0.05) is 63.7 Å². The molecule has 3 heterocycles. The second-order valence-corrected chi connectivity index (χ2v) is 14.7. The Balaban J connectivity index is 1.04. The lowest BCUT2D eigenvalue weighted by Crippen LogP contribution is -2.20. The minimum absolute atomic E-state index is 0.688. The lowest BCUT2D eigenvalue weighted by Gasteiger charge is -2.34. The molecule has 0 amide bonds. The summed E-state index contributed by atoms with van der Waals surface area (Å²) < 4.78 is 0. The van der Waals surface area contributed by atoms with Gasteiger partial charge in [0.15, 0.2) is 5.82 Å². The number of benzene rings is 7. The van der Waals surface area contributed by atoms with E-state index in [-0.39, 0.29) is 0 Å². The van der Waals surface area contributed by atoms with Gasteiger partial charge in [0.25, 0.3) is 0 Å². The Bertz CT molecular complexity index is 2770. The number of allylic oxidation sites excluding steroid dienone is 4. The minimum atomic E-state index is 0.688. The van der Waals surface area contributed by atoms with Crippen molar-refractivity contribution < 1.29 is 0 Å². The first kappa shape index (κ1) is 34.9. The van der Waals surface area contributed by atoms with Gasteiger partial charge in [0.05, 0.1) is 11.4 Å². The van der Waals surface area contributed by atoms with Crippen molar-refractivity contribution in [3.63, 3.8) is 0 Å². The van der Waals surface area contributed by atoms with E-state index in [4.69, 9.17) is 9.97 Å². The van der Waals surface area contributed by atoms with Crippen LogP contribution in [-0.4, -0.2) is 16.5 Å². The maximum absolute atomic E-state index is 5.11. The maximum atomic E-state index is 5.11. The highest BCUT2D eigenvalue weighted by Crippen LogP contribution is 2.45. The van der Waals surface area contributed by atoms with Crippen LogP contribution in [0.25, 0.3) is 50.6 Å². The Morgan fingerprint density at radius 1 is 0.448 bits per heavy atom. The summed E-state index contributed by atoms with van der Waals surface area (Å²) in [7, 11) is 0. The Labute approximate surface area is 340 Å². The summed E-state index contributed by atoms with van der Waals surface area (Å²) in [5.41, 5.74) is 17.5. The second kappa shape index (κ2) is 15.2. The number of rotatable bonds is 6. The number of hydrogen-bond donors (Lipinski definition) is 0. The predicted molar refractivity (Wildman–Crippen MR) is 242 cm³/mol. The van der Waals surface area contributed by atoms with Gasteiger partial charge in [-0.2, -0.15) is 0 Å². The minimum Gasteiger partial charge on any atom is -0.337 e. The SMILES string of the molecule is C=C1/C=C\C=C/CN(c2cccc(N3c4ccccc4Cc4ccccc43)c2)c2ccc(-c3cccc(-c4nc(-c5ccccc5)cc(-c5ccccc5)n4)c3)cc21. The molecule has 2 aliphatic heterocycles. The third-order valence-electron chi connectivity index (χ3n) is 11.0. The average molecular weight is 745 g/mol. The third kappa shape index (κ3) is 6.71. The van der Waals surface area contributed by atoms with E-state index < -0.39 is 0 Å². The van der Waals surface area contributed by atoms with Crippen molar-refractivity contribution in [2.75, 3.05) is 16.3 Å². The molecule has 4 nitrogen and oxygen atoms in total. The highest BCUT2D eigenvalue weighted by molar-refractivity contribution is 5.90. The third-order valence-corrected chi connectivity index (χ3v) is 11.0. The smallest absolute Gasteiger partial charge is 0.160 e. The zero-order valence-corrected chi connectivity index (χ0v) is 32.0. The van der Waals surface area contributed by atoms with Crippen LogP contribution >= 0.6 is 0 Å². The van der Waals surface area contributed by atoms with Gasteiger partial charge >= 0.3 is 0 Å². The number of anilines is 5. The van der Waals surface area contributed by atoms with E-state index in [2.05, 4.69) is 186 Å². The number of nitrogens with zero attached hydrogens (tertiary/aromatic N) is 4. The first-order chi connectivity index (χ1) is 28.7. The van der Waals surface area contributed by atoms with Crippen LogP contribution in [0.5, 0.6) is 0 Å². The van der Waals surface area contributed by atoms with Gasteiger partial charge in [-0.05, 0) is 82.4 Å². The second-order valence-electron chi connectivity index (χ2n) is 14.7. The van der Waals surface area contributed by atoms with Crippen LogP contribution in [0.1, 0.15) is 16.7 Å². The Morgan fingerprint density at radius 2 is 1.03 bits per heavy atom. The monoisotopic (exact) mass is 744 g/mol. The summed E-state index contributed by atoms with van der Waals surface area (Å²) >= 11 is 0. The van der Waals surface area contributed by atoms with E-state index in [1.54, 1.807) is 0 Å². The number of fused-ring (bicyclic) bond motifs is 3. The first-order valence-electron chi connectivity index (χ1n) is 19.8. The number of aromatic nitrogens is 2. The molecule has 4 heteroatoms. The van der Waals surface area contributed by atoms with E-state index in [1.165, 1.54) is 22.5 Å². The van der Waals surface area contributed by atoms with E-state index >= 15 is 0 Å². The standard InChI is InChI=1S/C54H40N4/c1-38-17-5-4-14-32-57(46-26-16-27-47(36-46)58-51-28-12-10-22-43(51)34-44-23-11-13-29-52(44)58)53-31-30-42(35-48(38)53)41-24-15-25-45(33-41)54-55-49(39-18-6-2-7-19-39)37-50(56-54)40-20-8-3-9-21-40/h2-31,33,35-37H,1,32,34H2/b14-4-,17-5-. The maximum Gasteiger partial charge on any atom is 0.160 e.